The van der Waals surface area contributed by atoms with Gasteiger partial charge in [0, 0.05) is 10.1 Å². The van der Waals surface area contributed by atoms with Crippen LogP contribution in [0.15, 0.2) is 17.0 Å². The van der Waals surface area contributed by atoms with E-state index in [9.17, 15) is 0 Å². The van der Waals surface area contributed by atoms with Crippen LogP contribution in [0.2, 0.25) is 0 Å². The summed E-state index contributed by atoms with van der Waals surface area (Å²) in [6, 6.07) is 4.58. The summed E-state index contributed by atoms with van der Waals surface area (Å²) in [6.45, 7) is 11.0. The predicted molar refractivity (Wildman–Crippen MR) is 61.6 cm³/mol. The molecule has 0 nitrogen and oxygen atoms in total. The molecule has 0 bridgehead atoms. The molecular formula is C12H18S. The van der Waals surface area contributed by atoms with Gasteiger partial charge in [-0.25, -0.2) is 0 Å². The van der Waals surface area contributed by atoms with Crippen molar-refractivity contribution in [1.29, 1.82) is 0 Å². The summed E-state index contributed by atoms with van der Waals surface area (Å²) in [7, 11) is 0. The van der Waals surface area contributed by atoms with Gasteiger partial charge in [-0.2, -0.15) is 0 Å². The van der Waals surface area contributed by atoms with Crippen molar-refractivity contribution in [3.63, 3.8) is 0 Å². The lowest BCUT2D eigenvalue weighted by Crippen LogP contribution is -1.91. The van der Waals surface area contributed by atoms with E-state index < -0.39 is 0 Å². The molecule has 0 aromatic heterocycles. The minimum atomic E-state index is 0.667. The van der Waals surface area contributed by atoms with Crippen LogP contribution >= 0.6 is 11.8 Å². The minimum Gasteiger partial charge on any atom is -0.123 e. The second-order valence-corrected chi connectivity index (χ2v) is 5.49. The van der Waals surface area contributed by atoms with Crippen LogP contribution in [0.25, 0.3) is 0 Å². The van der Waals surface area contributed by atoms with Gasteiger partial charge in [-0.3, -0.25) is 0 Å². The molecule has 0 N–H and O–H groups in total. The van der Waals surface area contributed by atoms with Crippen molar-refractivity contribution in [2.24, 2.45) is 0 Å². The number of rotatable bonds is 2. The van der Waals surface area contributed by atoms with E-state index in [1.165, 1.54) is 21.6 Å². The van der Waals surface area contributed by atoms with Crippen molar-refractivity contribution < 1.29 is 0 Å². The summed E-state index contributed by atoms with van der Waals surface area (Å²) in [6.07, 6.45) is 0. The fraction of sp³-hybridized carbons (Fsp3) is 0.500. The van der Waals surface area contributed by atoms with Crippen molar-refractivity contribution in [2.75, 3.05) is 0 Å². The first-order chi connectivity index (χ1) is 6.00. The summed E-state index contributed by atoms with van der Waals surface area (Å²) in [5.41, 5.74) is 4.20. The van der Waals surface area contributed by atoms with E-state index in [-0.39, 0.29) is 0 Å². The Morgan fingerprint density at radius 2 is 1.46 bits per heavy atom. The van der Waals surface area contributed by atoms with Gasteiger partial charge in [-0.05, 0) is 43.5 Å². The van der Waals surface area contributed by atoms with Gasteiger partial charge in [0.2, 0.25) is 0 Å². The molecule has 0 saturated carbocycles. The first-order valence-corrected chi connectivity index (χ1v) is 5.63. The molecule has 0 spiro atoms. The highest BCUT2D eigenvalue weighted by Crippen LogP contribution is 2.28. The van der Waals surface area contributed by atoms with Crippen LogP contribution in [-0.2, 0) is 0 Å². The van der Waals surface area contributed by atoms with Crippen LogP contribution in [-0.4, -0.2) is 5.25 Å². The molecule has 1 rings (SSSR count). The van der Waals surface area contributed by atoms with Crippen molar-refractivity contribution in [3.8, 4) is 0 Å². The predicted octanol–water partition coefficient (Wildman–Crippen LogP) is 4.11. The lowest BCUT2D eigenvalue weighted by atomic mass is 10.1. The van der Waals surface area contributed by atoms with Crippen molar-refractivity contribution in [3.05, 3.63) is 28.8 Å². The molecule has 1 heteroatoms. The van der Waals surface area contributed by atoms with E-state index in [0.29, 0.717) is 5.25 Å². The highest BCUT2D eigenvalue weighted by molar-refractivity contribution is 8.00. The molecule has 0 aliphatic rings. The Morgan fingerprint density at radius 3 is 2.00 bits per heavy atom. The largest absolute Gasteiger partial charge is 0.123 e. The molecule has 13 heavy (non-hydrogen) atoms. The molecule has 0 heterocycles. The maximum atomic E-state index is 2.30. The molecule has 0 fully saturated rings. The van der Waals surface area contributed by atoms with Crippen LogP contribution in [0.5, 0.6) is 0 Å². The van der Waals surface area contributed by atoms with E-state index in [2.05, 4.69) is 46.8 Å². The van der Waals surface area contributed by atoms with Crippen molar-refractivity contribution in [1.82, 2.24) is 0 Å². The Balaban J connectivity index is 3.01. The number of aryl methyl sites for hydroxylation is 3. The number of hydrogen-bond acceptors (Lipinski definition) is 1. The fourth-order valence-electron chi connectivity index (χ4n) is 1.31. The van der Waals surface area contributed by atoms with E-state index in [1.807, 2.05) is 11.8 Å². The van der Waals surface area contributed by atoms with Gasteiger partial charge in [-0.1, -0.05) is 19.9 Å². The van der Waals surface area contributed by atoms with Crippen LogP contribution in [0.1, 0.15) is 30.5 Å². The highest BCUT2D eigenvalue weighted by atomic mass is 32.2. The molecule has 0 amide bonds. The van der Waals surface area contributed by atoms with Crippen LogP contribution in [0.3, 0.4) is 0 Å². The Morgan fingerprint density at radius 1 is 0.923 bits per heavy atom. The first-order valence-electron chi connectivity index (χ1n) is 4.75. The minimum absolute atomic E-state index is 0.667. The second-order valence-electron chi connectivity index (χ2n) is 3.87. The zero-order valence-corrected chi connectivity index (χ0v) is 9.96. The van der Waals surface area contributed by atoms with Gasteiger partial charge in [0.25, 0.3) is 0 Å². The molecule has 72 valence electrons. The lowest BCUT2D eigenvalue weighted by Gasteiger charge is -2.11. The van der Waals surface area contributed by atoms with E-state index >= 15 is 0 Å². The Labute approximate surface area is 85.7 Å². The molecule has 0 saturated heterocycles. The number of benzene rings is 1. The van der Waals surface area contributed by atoms with Crippen LogP contribution < -0.4 is 0 Å². The molecule has 1 aromatic carbocycles. The quantitative estimate of drug-likeness (QED) is 0.638. The smallest absolute Gasteiger partial charge is 0.0107 e. The maximum Gasteiger partial charge on any atom is 0.0107 e. The second kappa shape index (κ2) is 4.19. The molecule has 0 aliphatic heterocycles. The van der Waals surface area contributed by atoms with Gasteiger partial charge < -0.3 is 0 Å². The standard InChI is InChI=1S/C12H18S/c1-8(2)13-12-7-10(4)9(3)6-11(12)5/h6-8H,1-5H3. The molecule has 1 aromatic rings. The topological polar surface area (TPSA) is 0 Å². The Bertz CT molecular complexity index is 300. The summed E-state index contributed by atoms with van der Waals surface area (Å²) >= 11 is 1.95. The molecule has 0 radical (unpaired) electrons. The Hall–Kier alpha value is -0.430. The van der Waals surface area contributed by atoms with Crippen molar-refractivity contribution >= 4 is 11.8 Å². The third-order valence-corrected chi connectivity index (χ3v) is 3.32. The summed E-state index contributed by atoms with van der Waals surface area (Å²) < 4.78 is 0. The summed E-state index contributed by atoms with van der Waals surface area (Å²) in [5.74, 6) is 0. The van der Waals surface area contributed by atoms with Gasteiger partial charge in [0.05, 0.1) is 0 Å². The number of hydrogen-bond donors (Lipinski definition) is 0. The average Bonchev–Trinajstić information content (AvgIpc) is 1.99. The van der Waals surface area contributed by atoms with E-state index in [1.54, 1.807) is 0 Å². The normalized spacial score (nSPS) is 10.9. The van der Waals surface area contributed by atoms with E-state index in [0.717, 1.165) is 0 Å². The third-order valence-electron chi connectivity index (χ3n) is 2.15. The third kappa shape index (κ3) is 2.77. The van der Waals surface area contributed by atoms with Gasteiger partial charge in [0.1, 0.15) is 0 Å². The monoisotopic (exact) mass is 194 g/mol. The molecule has 0 aliphatic carbocycles. The zero-order chi connectivity index (χ0) is 10.0. The van der Waals surface area contributed by atoms with Crippen LogP contribution in [0.4, 0.5) is 0 Å². The maximum absolute atomic E-state index is 2.30. The fourth-order valence-corrected chi connectivity index (χ4v) is 2.31. The molecular weight excluding hydrogens is 176 g/mol. The van der Waals surface area contributed by atoms with Crippen molar-refractivity contribution in [2.45, 2.75) is 44.8 Å². The van der Waals surface area contributed by atoms with E-state index in [4.69, 9.17) is 0 Å². The van der Waals surface area contributed by atoms with Gasteiger partial charge >= 0.3 is 0 Å². The van der Waals surface area contributed by atoms with Gasteiger partial charge in [0.15, 0.2) is 0 Å². The summed E-state index contributed by atoms with van der Waals surface area (Å²) in [5, 5.41) is 0.667. The Kier molecular flexibility index (Phi) is 3.43. The highest BCUT2D eigenvalue weighted by Gasteiger charge is 2.04. The van der Waals surface area contributed by atoms with Gasteiger partial charge in [-0.15, -0.1) is 11.8 Å². The zero-order valence-electron chi connectivity index (χ0n) is 9.14. The first kappa shape index (κ1) is 10.6. The van der Waals surface area contributed by atoms with Crippen LogP contribution in [0, 0.1) is 20.8 Å². The molecule has 0 unspecified atom stereocenters. The molecule has 0 atom stereocenters. The SMILES string of the molecule is Cc1cc(C)c(SC(C)C)cc1C. The summed E-state index contributed by atoms with van der Waals surface area (Å²) in [4.78, 5) is 1.43. The number of thioether (sulfide) groups is 1. The lowest BCUT2D eigenvalue weighted by molar-refractivity contribution is 1.10. The average molecular weight is 194 g/mol.